The third-order valence-electron chi connectivity index (χ3n) is 7.21. The molecule has 1 amide bonds. The van der Waals surface area contributed by atoms with E-state index >= 15 is 0 Å². The van der Waals surface area contributed by atoms with Gasteiger partial charge in [0.1, 0.15) is 18.0 Å². The minimum Gasteiger partial charge on any atom is -0.378 e. The van der Waals surface area contributed by atoms with Crippen molar-refractivity contribution in [3.63, 3.8) is 0 Å². The molecule has 5 heterocycles. The van der Waals surface area contributed by atoms with E-state index in [-0.39, 0.29) is 22.1 Å². The Balaban J connectivity index is 0.000000956. The molecule has 2 saturated heterocycles. The smallest absolute Gasteiger partial charge is 0.238 e. The van der Waals surface area contributed by atoms with Crippen molar-refractivity contribution >= 4 is 35.1 Å². The summed E-state index contributed by atoms with van der Waals surface area (Å²) >= 11 is 1.78. The number of aromatic nitrogens is 4. The van der Waals surface area contributed by atoms with Crippen LogP contribution in [0.5, 0.6) is 0 Å². The van der Waals surface area contributed by atoms with Crippen molar-refractivity contribution in [3.8, 4) is 0 Å². The summed E-state index contributed by atoms with van der Waals surface area (Å²) in [6.45, 7) is 20.1. The number of anilines is 3. The number of thioether (sulfide) groups is 1. The molecule has 38 heavy (non-hydrogen) atoms. The molecule has 2 unspecified atom stereocenters. The molecule has 0 bridgehead atoms. The maximum Gasteiger partial charge on any atom is 0.238 e. The first-order valence-electron chi connectivity index (χ1n) is 13.9. The van der Waals surface area contributed by atoms with Crippen LogP contribution in [0.1, 0.15) is 73.1 Å². The Bertz CT molecular complexity index is 1080. The fourth-order valence-electron chi connectivity index (χ4n) is 5.21. The number of piperazine rings is 1. The highest BCUT2D eigenvalue weighted by molar-refractivity contribution is 8.02. The zero-order valence-electron chi connectivity index (χ0n) is 24.6. The highest BCUT2D eigenvalue weighted by Gasteiger charge is 2.46. The van der Waals surface area contributed by atoms with Crippen LogP contribution >= 0.6 is 11.8 Å². The van der Waals surface area contributed by atoms with E-state index in [4.69, 9.17) is 9.72 Å². The normalized spacial score (nSPS) is 23.4. The van der Waals surface area contributed by atoms with Crippen LogP contribution in [0.3, 0.4) is 0 Å². The van der Waals surface area contributed by atoms with Crippen LogP contribution < -0.4 is 9.80 Å². The molecule has 0 spiro atoms. The Morgan fingerprint density at radius 3 is 2.32 bits per heavy atom. The molecule has 0 radical (unpaired) electrons. The maximum atomic E-state index is 13.1. The van der Waals surface area contributed by atoms with Gasteiger partial charge in [-0.2, -0.15) is 5.10 Å². The Morgan fingerprint density at radius 1 is 1.08 bits per heavy atom. The number of ether oxygens (including phenoxy) is 1. The van der Waals surface area contributed by atoms with Crippen LogP contribution in [0, 0.1) is 0 Å². The van der Waals surface area contributed by atoms with Crippen molar-refractivity contribution in [2.24, 2.45) is 0 Å². The SMILES string of the molecule is CC.CC.COCc1ccc(N2CC(C)(C)c3c(N4CCN(C(=O)C5(C)CCS5)C(C)C4)ncnc32)nn1. The van der Waals surface area contributed by atoms with Crippen LogP contribution in [-0.4, -0.2) is 80.8 Å². The highest BCUT2D eigenvalue weighted by Crippen LogP contribution is 2.47. The van der Waals surface area contributed by atoms with Crippen LogP contribution in [0.25, 0.3) is 0 Å². The predicted molar refractivity (Wildman–Crippen MR) is 156 cm³/mol. The Kier molecular flexibility index (Phi) is 9.97. The average molecular weight is 544 g/mol. The lowest BCUT2D eigenvalue weighted by Gasteiger charge is -2.46. The van der Waals surface area contributed by atoms with E-state index in [9.17, 15) is 4.79 Å². The summed E-state index contributed by atoms with van der Waals surface area (Å²) in [5.41, 5.74) is 1.76. The van der Waals surface area contributed by atoms with Crippen molar-refractivity contribution < 1.29 is 9.53 Å². The van der Waals surface area contributed by atoms with Gasteiger partial charge in [0.2, 0.25) is 5.91 Å². The average Bonchev–Trinajstić information content (AvgIpc) is 3.20. The number of hydrogen-bond donors (Lipinski definition) is 0. The topological polar surface area (TPSA) is 87.6 Å². The second-order valence-electron chi connectivity index (χ2n) is 10.3. The van der Waals surface area contributed by atoms with E-state index in [1.807, 2.05) is 39.8 Å². The summed E-state index contributed by atoms with van der Waals surface area (Å²) in [6.07, 6.45) is 2.62. The van der Waals surface area contributed by atoms with Crippen molar-refractivity contribution in [1.29, 1.82) is 0 Å². The summed E-state index contributed by atoms with van der Waals surface area (Å²) in [6, 6.07) is 4.04. The molecule has 2 aromatic heterocycles. The Labute approximate surface area is 232 Å². The molecule has 0 aliphatic carbocycles. The van der Waals surface area contributed by atoms with Crippen molar-refractivity contribution in [1.82, 2.24) is 25.1 Å². The largest absolute Gasteiger partial charge is 0.378 e. The number of methoxy groups -OCH3 is 1. The quantitative estimate of drug-likeness (QED) is 0.526. The molecule has 2 aromatic rings. The van der Waals surface area contributed by atoms with Crippen LogP contribution in [0.4, 0.5) is 17.5 Å². The number of nitrogens with zero attached hydrogens (tertiary/aromatic N) is 7. The molecule has 0 N–H and O–H groups in total. The zero-order valence-corrected chi connectivity index (χ0v) is 25.4. The first kappa shape index (κ1) is 30.1. The van der Waals surface area contributed by atoms with E-state index < -0.39 is 0 Å². The standard InChI is InChI=1S/C24H33N7O2S.2C2H6/c1-16-12-29(9-10-30(16)22(32)24(4)8-11-34-24)20-19-21(26-15-25-20)31(14-23(19,2)3)18-7-6-17(13-33-5)27-28-18;2*1-2/h6-7,15-16H,8-14H2,1-5H3;2*1-2H3. The van der Waals surface area contributed by atoms with Crippen LogP contribution in [-0.2, 0) is 21.6 Å². The predicted octanol–water partition coefficient (Wildman–Crippen LogP) is 4.83. The van der Waals surface area contributed by atoms with Gasteiger partial charge < -0.3 is 19.4 Å². The minimum absolute atomic E-state index is 0.129. The number of carbonyl (C=O) groups excluding carboxylic acids is 1. The van der Waals surface area contributed by atoms with Gasteiger partial charge in [-0.25, -0.2) is 9.97 Å². The lowest BCUT2D eigenvalue weighted by Crippen LogP contribution is -2.60. The highest BCUT2D eigenvalue weighted by atomic mass is 32.2. The van der Waals surface area contributed by atoms with Gasteiger partial charge in [0.25, 0.3) is 0 Å². The minimum atomic E-state index is -0.241. The molecular formula is C28H45N7O2S. The van der Waals surface area contributed by atoms with Gasteiger partial charge in [-0.1, -0.05) is 41.5 Å². The fourth-order valence-corrected chi connectivity index (χ4v) is 6.27. The monoisotopic (exact) mass is 543 g/mol. The summed E-state index contributed by atoms with van der Waals surface area (Å²) in [5.74, 6) is 3.98. The lowest BCUT2D eigenvalue weighted by molar-refractivity contribution is -0.136. The van der Waals surface area contributed by atoms with Gasteiger partial charge in [-0.15, -0.1) is 16.9 Å². The Hall–Kier alpha value is -2.46. The van der Waals surface area contributed by atoms with Gasteiger partial charge in [0.05, 0.1) is 17.0 Å². The lowest BCUT2D eigenvalue weighted by atomic mass is 9.87. The van der Waals surface area contributed by atoms with Gasteiger partial charge in [0, 0.05) is 50.3 Å². The van der Waals surface area contributed by atoms with Gasteiger partial charge in [-0.3, -0.25) is 4.79 Å². The molecule has 2 atom stereocenters. The van der Waals surface area contributed by atoms with Crippen molar-refractivity contribution in [2.75, 3.05) is 48.8 Å². The fraction of sp³-hybridized carbons (Fsp3) is 0.679. The molecule has 3 aliphatic heterocycles. The maximum absolute atomic E-state index is 13.1. The zero-order chi connectivity index (χ0) is 28.1. The molecule has 0 saturated carbocycles. The molecule has 10 heteroatoms. The molecule has 5 rings (SSSR count). The second kappa shape index (κ2) is 12.6. The number of fused-ring (bicyclic) bond motifs is 1. The number of hydrogen-bond acceptors (Lipinski definition) is 9. The van der Waals surface area contributed by atoms with E-state index in [2.05, 4.69) is 57.6 Å². The van der Waals surface area contributed by atoms with Gasteiger partial charge in [-0.05, 0) is 38.2 Å². The first-order chi connectivity index (χ1) is 18.2. The van der Waals surface area contributed by atoms with E-state index in [0.717, 1.165) is 60.5 Å². The van der Waals surface area contributed by atoms with E-state index in [0.29, 0.717) is 13.2 Å². The number of amides is 1. The van der Waals surface area contributed by atoms with Crippen LogP contribution in [0.15, 0.2) is 18.5 Å². The van der Waals surface area contributed by atoms with Crippen LogP contribution in [0.2, 0.25) is 0 Å². The molecule has 9 nitrogen and oxygen atoms in total. The third kappa shape index (κ3) is 5.76. The Morgan fingerprint density at radius 2 is 1.76 bits per heavy atom. The summed E-state index contributed by atoms with van der Waals surface area (Å²) < 4.78 is 4.92. The van der Waals surface area contributed by atoms with Crippen molar-refractivity contribution in [2.45, 2.75) is 84.6 Å². The summed E-state index contributed by atoms with van der Waals surface area (Å²) in [5, 5.41) is 8.74. The third-order valence-corrected chi connectivity index (χ3v) is 8.63. The number of carbonyl (C=O) groups is 1. The van der Waals surface area contributed by atoms with Gasteiger partial charge >= 0.3 is 0 Å². The molecule has 210 valence electrons. The second-order valence-corrected chi connectivity index (χ2v) is 11.9. The van der Waals surface area contributed by atoms with Crippen molar-refractivity contribution in [3.05, 3.63) is 29.7 Å². The number of rotatable bonds is 5. The van der Waals surface area contributed by atoms with E-state index in [1.54, 1.807) is 25.2 Å². The molecular weight excluding hydrogens is 498 g/mol. The molecule has 0 aromatic carbocycles. The van der Waals surface area contributed by atoms with E-state index in [1.165, 1.54) is 0 Å². The molecule has 2 fully saturated rings. The molecule has 3 aliphatic rings. The first-order valence-corrected chi connectivity index (χ1v) is 14.9. The van der Waals surface area contributed by atoms with Gasteiger partial charge in [0.15, 0.2) is 5.82 Å². The summed E-state index contributed by atoms with van der Waals surface area (Å²) in [4.78, 5) is 29.1. The summed E-state index contributed by atoms with van der Waals surface area (Å²) in [7, 11) is 1.65.